The number of aromatic nitrogens is 4. The van der Waals surface area contributed by atoms with Crippen LogP contribution in [0.1, 0.15) is 17.9 Å². The van der Waals surface area contributed by atoms with Crippen molar-refractivity contribution in [3.63, 3.8) is 0 Å². The van der Waals surface area contributed by atoms with E-state index in [4.69, 9.17) is 0 Å². The number of nitrogens with zero attached hydrogens (tertiary/aromatic N) is 4. The van der Waals surface area contributed by atoms with Gasteiger partial charge in [0.2, 0.25) is 0 Å². The summed E-state index contributed by atoms with van der Waals surface area (Å²) in [4.78, 5) is 10.7. The Labute approximate surface area is 97.9 Å². The molecule has 17 heavy (non-hydrogen) atoms. The van der Waals surface area contributed by atoms with E-state index in [2.05, 4.69) is 15.5 Å². The number of tetrazole rings is 1. The van der Waals surface area contributed by atoms with Crippen LogP contribution < -0.4 is 5.11 Å². The summed E-state index contributed by atoms with van der Waals surface area (Å²) in [6.07, 6.45) is 1.41. The van der Waals surface area contributed by atoms with Gasteiger partial charge in [-0.25, -0.2) is 4.68 Å². The molecule has 0 N–H and O–H groups in total. The smallest absolute Gasteiger partial charge is 0.138 e. The normalized spacial score (nSPS) is 12.2. The molecule has 2 rings (SSSR count). The summed E-state index contributed by atoms with van der Waals surface area (Å²) in [5.41, 5.74) is 0.937. The Morgan fingerprint density at radius 3 is 2.71 bits per heavy atom. The Morgan fingerprint density at radius 1 is 1.35 bits per heavy atom. The van der Waals surface area contributed by atoms with Crippen LogP contribution in [0.2, 0.25) is 0 Å². The molecule has 1 atom stereocenters. The highest BCUT2D eigenvalue weighted by atomic mass is 16.4. The summed E-state index contributed by atoms with van der Waals surface area (Å²) in [6.45, 7) is 0.422. The van der Waals surface area contributed by atoms with Gasteiger partial charge in [-0.2, -0.15) is 0 Å². The van der Waals surface area contributed by atoms with Crippen LogP contribution in [0.15, 0.2) is 36.7 Å². The zero-order chi connectivity index (χ0) is 12.1. The number of carbonyl (C=O) groups excluding carboxylic acids is 1. The third-order valence-electron chi connectivity index (χ3n) is 2.48. The molecule has 0 saturated heterocycles. The topological polar surface area (TPSA) is 83.7 Å². The van der Waals surface area contributed by atoms with Gasteiger partial charge in [-0.05, 0) is 22.4 Å². The van der Waals surface area contributed by atoms with E-state index in [0.717, 1.165) is 5.56 Å². The molecule has 0 bridgehead atoms. The van der Waals surface area contributed by atoms with Crippen LogP contribution in [0.25, 0.3) is 0 Å². The van der Waals surface area contributed by atoms with Gasteiger partial charge in [0.15, 0.2) is 0 Å². The number of aliphatic carboxylic acids is 1. The lowest BCUT2D eigenvalue weighted by Gasteiger charge is -2.17. The third kappa shape index (κ3) is 3.10. The van der Waals surface area contributed by atoms with Gasteiger partial charge in [-0.1, -0.05) is 30.3 Å². The highest BCUT2D eigenvalue weighted by Crippen LogP contribution is 2.20. The minimum absolute atomic E-state index is 0.0517. The van der Waals surface area contributed by atoms with Gasteiger partial charge in [0.25, 0.3) is 0 Å². The number of carbonyl (C=O) groups is 1. The van der Waals surface area contributed by atoms with Gasteiger partial charge in [0.05, 0.1) is 6.54 Å². The monoisotopic (exact) mass is 231 g/mol. The number of carboxylic acid groups (broad SMARTS) is 1. The molecule has 0 amide bonds. The summed E-state index contributed by atoms with van der Waals surface area (Å²) < 4.78 is 1.51. The van der Waals surface area contributed by atoms with Gasteiger partial charge < -0.3 is 9.90 Å². The fourth-order valence-electron chi connectivity index (χ4n) is 1.70. The minimum Gasteiger partial charge on any atom is -0.550 e. The van der Waals surface area contributed by atoms with E-state index in [1.54, 1.807) is 0 Å². The Bertz CT molecular complexity index is 469. The van der Waals surface area contributed by atoms with E-state index in [-0.39, 0.29) is 12.3 Å². The van der Waals surface area contributed by atoms with Crippen LogP contribution in [-0.4, -0.2) is 26.2 Å². The van der Waals surface area contributed by atoms with Gasteiger partial charge in [-0.15, -0.1) is 5.10 Å². The fourth-order valence-corrected chi connectivity index (χ4v) is 1.70. The molecule has 6 nitrogen and oxygen atoms in total. The van der Waals surface area contributed by atoms with E-state index < -0.39 is 5.97 Å². The molecule has 1 heterocycles. The molecule has 0 spiro atoms. The number of rotatable bonds is 5. The fraction of sp³-hybridized carbons (Fsp3) is 0.273. The summed E-state index contributed by atoms with van der Waals surface area (Å²) in [6, 6.07) is 9.40. The first-order valence-electron chi connectivity index (χ1n) is 5.21. The van der Waals surface area contributed by atoms with Gasteiger partial charge in [-0.3, -0.25) is 0 Å². The Kier molecular flexibility index (Phi) is 3.44. The van der Waals surface area contributed by atoms with Crippen molar-refractivity contribution in [1.29, 1.82) is 0 Å². The molecule has 1 aromatic carbocycles. The lowest BCUT2D eigenvalue weighted by atomic mass is 9.96. The maximum atomic E-state index is 10.7. The van der Waals surface area contributed by atoms with Crippen LogP contribution in [0, 0.1) is 0 Å². The van der Waals surface area contributed by atoms with E-state index in [1.807, 2.05) is 30.3 Å². The number of hydrogen-bond acceptors (Lipinski definition) is 5. The molecule has 88 valence electrons. The quantitative estimate of drug-likeness (QED) is 0.699. The number of hydrogen-bond donors (Lipinski definition) is 0. The van der Waals surface area contributed by atoms with E-state index in [9.17, 15) is 9.90 Å². The molecular weight excluding hydrogens is 220 g/mol. The molecule has 6 heteroatoms. The predicted molar refractivity (Wildman–Crippen MR) is 56.6 cm³/mol. The van der Waals surface area contributed by atoms with Crippen molar-refractivity contribution in [1.82, 2.24) is 20.2 Å². The molecule has 2 aromatic rings. The highest BCUT2D eigenvalue weighted by molar-refractivity contribution is 5.65. The first kappa shape index (κ1) is 11.3. The second-order valence-corrected chi connectivity index (χ2v) is 3.72. The Hall–Kier alpha value is -2.24. The van der Waals surface area contributed by atoms with E-state index >= 15 is 0 Å². The maximum Gasteiger partial charge on any atom is 0.138 e. The molecule has 0 aliphatic rings. The van der Waals surface area contributed by atoms with Crippen molar-refractivity contribution in [3.05, 3.63) is 42.2 Å². The molecule has 1 unspecified atom stereocenters. The van der Waals surface area contributed by atoms with Crippen molar-refractivity contribution < 1.29 is 9.90 Å². The van der Waals surface area contributed by atoms with E-state index in [0.29, 0.717) is 6.54 Å². The molecule has 0 fully saturated rings. The predicted octanol–water partition coefficient (Wildman–Crippen LogP) is -0.403. The molecule has 0 aliphatic heterocycles. The van der Waals surface area contributed by atoms with Crippen molar-refractivity contribution in [2.24, 2.45) is 0 Å². The van der Waals surface area contributed by atoms with Crippen LogP contribution in [-0.2, 0) is 11.3 Å². The Morgan fingerprint density at radius 2 is 2.12 bits per heavy atom. The van der Waals surface area contributed by atoms with Gasteiger partial charge in [0.1, 0.15) is 6.33 Å². The maximum absolute atomic E-state index is 10.7. The van der Waals surface area contributed by atoms with Crippen molar-refractivity contribution in [2.45, 2.75) is 18.9 Å². The van der Waals surface area contributed by atoms with Crippen LogP contribution in [0.5, 0.6) is 0 Å². The summed E-state index contributed by atoms with van der Waals surface area (Å²) in [5.74, 6) is -1.27. The zero-order valence-corrected chi connectivity index (χ0v) is 9.06. The molecule has 1 aromatic heterocycles. The van der Waals surface area contributed by atoms with Crippen molar-refractivity contribution in [3.8, 4) is 0 Å². The van der Waals surface area contributed by atoms with Gasteiger partial charge >= 0.3 is 0 Å². The standard InChI is InChI=1S/C11H12N4O2/c16-11(17)6-10(7-15-8-12-13-14-15)9-4-2-1-3-5-9/h1-5,8,10H,6-7H2,(H,16,17)/p-1. The van der Waals surface area contributed by atoms with Crippen LogP contribution >= 0.6 is 0 Å². The third-order valence-corrected chi connectivity index (χ3v) is 2.48. The Balaban J connectivity index is 2.16. The second-order valence-electron chi connectivity index (χ2n) is 3.72. The number of benzene rings is 1. The molecule has 0 saturated carbocycles. The summed E-state index contributed by atoms with van der Waals surface area (Å²) in [5, 5.41) is 21.5. The molecule has 0 radical (unpaired) electrons. The first-order valence-corrected chi connectivity index (χ1v) is 5.21. The molecule has 0 aliphatic carbocycles. The summed E-state index contributed by atoms with van der Waals surface area (Å²) >= 11 is 0. The lowest BCUT2D eigenvalue weighted by Crippen LogP contribution is -2.26. The number of carboxylic acids is 1. The van der Waals surface area contributed by atoms with Crippen LogP contribution in [0.3, 0.4) is 0 Å². The van der Waals surface area contributed by atoms with Crippen molar-refractivity contribution in [2.75, 3.05) is 0 Å². The first-order chi connectivity index (χ1) is 8.25. The second kappa shape index (κ2) is 5.20. The van der Waals surface area contributed by atoms with Crippen molar-refractivity contribution >= 4 is 5.97 Å². The largest absolute Gasteiger partial charge is 0.550 e. The van der Waals surface area contributed by atoms with Gasteiger partial charge in [0, 0.05) is 11.9 Å². The average molecular weight is 231 g/mol. The highest BCUT2D eigenvalue weighted by Gasteiger charge is 2.13. The lowest BCUT2D eigenvalue weighted by molar-refractivity contribution is -0.306. The van der Waals surface area contributed by atoms with E-state index in [1.165, 1.54) is 11.0 Å². The average Bonchev–Trinajstić information content (AvgIpc) is 2.82. The summed E-state index contributed by atoms with van der Waals surface area (Å²) in [7, 11) is 0. The van der Waals surface area contributed by atoms with Crippen LogP contribution in [0.4, 0.5) is 0 Å². The minimum atomic E-state index is -1.08. The SMILES string of the molecule is O=C([O-])CC(Cn1cnnn1)c1ccccc1. The molecular formula is C11H11N4O2-. The zero-order valence-electron chi connectivity index (χ0n) is 9.06.